The Labute approximate surface area is 167 Å². The van der Waals surface area contributed by atoms with Crippen LogP contribution in [0.1, 0.15) is 21.5 Å². The molecule has 0 saturated heterocycles. The molecule has 29 heavy (non-hydrogen) atoms. The Morgan fingerprint density at radius 1 is 1.03 bits per heavy atom. The third-order valence-corrected chi connectivity index (χ3v) is 4.81. The van der Waals surface area contributed by atoms with Crippen LogP contribution >= 0.6 is 0 Å². The predicted octanol–water partition coefficient (Wildman–Crippen LogP) is 5.12. The van der Waals surface area contributed by atoms with Gasteiger partial charge in [0.1, 0.15) is 16.9 Å². The highest BCUT2D eigenvalue weighted by molar-refractivity contribution is 6.06. The van der Waals surface area contributed by atoms with Crippen LogP contribution in [0.4, 0.5) is 4.39 Å². The second-order valence-electron chi connectivity index (χ2n) is 6.72. The first-order valence-electron chi connectivity index (χ1n) is 9.09. The summed E-state index contributed by atoms with van der Waals surface area (Å²) in [5.41, 5.74) is 3.92. The van der Waals surface area contributed by atoms with Crippen molar-refractivity contribution in [3.63, 3.8) is 0 Å². The first-order chi connectivity index (χ1) is 14.1. The highest BCUT2D eigenvalue weighted by atomic mass is 19.1. The molecule has 0 unspecified atom stereocenters. The molecule has 0 saturated carbocycles. The number of esters is 1. The summed E-state index contributed by atoms with van der Waals surface area (Å²) in [6.45, 7) is 0. The van der Waals surface area contributed by atoms with Gasteiger partial charge in [0.15, 0.2) is 5.75 Å². The van der Waals surface area contributed by atoms with Crippen LogP contribution in [0, 0.1) is 5.82 Å². The number of fused-ring (bicyclic) bond motifs is 1. The lowest BCUT2D eigenvalue weighted by Gasteiger charge is -2.13. The molecule has 1 N–H and O–H groups in total. The van der Waals surface area contributed by atoms with Crippen LogP contribution in [0.25, 0.3) is 22.0 Å². The molecule has 144 valence electrons. The molecular formula is C24H18FNO3. The molecule has 0 fully saturated rings. The van der Waals surface area contributed by atoms with Crippen LogP contribution in [0.15, 0.2) is 72.9 Å². The van der Waals surface area contributed by atoms with Gasteiger partial charge in [-0.3, -0.25) is 4.98 Å². The summed E-state index contributed by atoms with van der Waals surface area (Å²) in [5, 5.41) is 11.4. The van der Waals surface area contributed by atoms with Crippen molar-refractivity contribution in [3.05, 3.63) is 95.4 Å². The van der Waals surface area contributed by atoms with E-state index >= 15 is 0 Å². The number of nitrogens with zero attached hydrogens (tertiary/aromatic N) is 1. The highest BCUT2D eigenvalue weighted by Crippen LogP contribution is 2.37. The fourth-order valence-electron chi connectivity index (χ4n) is 3.38. The lowest BCUT2D eigenvalue weighted by atomic mass is 9.95. The molecule has 3 aromatic carbocycles. The number of carbonyl (C=O) groups is 1. The Kier molecular flexibility index (Phi) is 4.96. The first kappa shape index (κ1) is 18.6. The van der Waals surface area contributed by atoms with Crippen LogP contribution in [0.3, 0.4) is 0 Å². The molecule has 0 aliphatic heterocycles. The zero-order valence-corrected chi connectivity index (χ0v) is 15.7. The quantitative estimate of drug-likeness (QED) is 0.494. The van der Waals surface area contributed by atoms with Gasteiger partial charge in [-0.05, 0) is 52.9 Å². The van der Waals surface area contributed by atoms with Crippen molar-refractivity contribution in [3.8, 4) is 16.9 Å². The van der Waals surface area contributed by atoms with Crippen LogP contribution in [0.5, 0.6) is 5.75 Å². The summed E-state index contributed by atoms with van der Waals surface area (Å²) in [4.78, 5) is 16.6. The Bertz CT molecular complexity index is 1190. The zero-order chi connectivity index (χ0) is 20.4. The maximum Gasteiger partial charge on any atom is 0.341 e. The van der Waals surface area contributed by atoms with E-state index in [4.69, 9.17) is 4.74 Å². The number of aromatic hydroxyl groups is 1. The summed E-state index contributed by atoms with van der Waals surface area (Å²) in [5.74, 6) is -1.12. The van der Waals surface area contributed by atoms with E-state index in [1.807, 2.05) is 36.4 Å². The normalized spacial score (nSPS) is 10.8. The van der Waals surface area contributed by atoms with E-state index in [1.54, 1.807) is 24.4 Å². The Hall–Kier alpha value is -3.73. The Balaban J connectivity index is 1.90. The maximum absolute atomic E-state index is 13.2. The second-order valence-corrected chi connectivity index (χ2v) is 6.72. The molecule has 0 aliphatic rings. The molecule has 0 amide bonds. The van der Waals surface area contributed by atoms with E-state index in [9.17, 15) is 14.3 Å². The van der Waals surface area contributed by atoms with E-state index < -0.39 is 5.97 Å². The monoisotopic (exact) mass is 387 g/mol. The number of pyridine rings is 1. The van der Waals surface area contributed by atoms with Crippen molar-refractivity contribution in [2.24, 2.45) is 0 Å². The lowest BCUT2D eigenvalue weighted by molar-refractivity contribution is 0.0598. The molecule has 0 atom stereocenters. The first-order valence-corrected chi connectivity index (χ1v) is 9.09. The highest BCUT2D eigenvalue weighted by Gasteiger charge is 2.19. The third kappa shape index (κ3) is 3.67. The molecule has 0 radical (unpaired) electrons. The molecule has 1 aromatic heterocycles. The van der Waals surface area contributed by atoms with Crippen molar-refractivity contribution < 1.29 is 19.0 Å². The number of phenolic OH excluding ortho intramolecular Hbond substituents is 1. The number of hydrogen-bond donors (Lipinski definition) is 1. The second kappa shape index (κ2) is 7.72. The molecule has 4 nitrogen and oxygen atoms in total. The topological polar surface area (TPSA) is 59.4 Å². The molecule has 5 heteroatoms. The van der Waals surface area contributed by atoms with Gasteiger partial charge in [0.25, 0.3) is 0 Å². The van der Waals surface area contributed by atoms with E-state index in [0.29, 0.717) is 11.9 Å². The number of carbonyl (C=O) groups excluding carboxylic acids is 1. The average molecular weight is 387 g/mol. The number of methoxy groups -OCH3 is 1. The molecular weight excluding hydrogens is 369 g/mol. The fourth-order valence-corrected chi connectivity index (χ4v) is 3.38. The van der Waals surface area contributed by atoms with E-state index in [2.05, 4.69) is 4.98 Å². The minimum Gasteiger partial charge on any atom is -0.505 e. The largest absolute Gasteiger partial charge is 0.505 e. The Morgan fingerprint density at radius 2 is 1.76 bits per heavy atom. The number of aromatic nitrogens is 1. The van der Waals surface area contributed by atoms with Crippen molar-refractivity contribution in [1.29, 1.82) is 0 Å². The van der Waals surface area contributed by atoms with E-state index in [-0.39, 0.29) is 17.1 Å². The summed E-state index contributed by atoms with van der Waals surface area (Å²) in [7, 11) is 1.27. The summed E-state index contributed by atoms with van der Waals surface area (Å²) < 4.78 is 18.0. The molecule has 4 rings (SSSR count). The maximum atomic E-state index is 13.2. The minimum atomic E-state index is -0.626. The van der Waals surface area contributed by atoms with Crippen LogP contribution in [0.2, 0.25) is 0 Å². The number of hydrogen-bond acceptors (Lipinski definition) is 4. The zero-order valence-electron chi connectivity index (χ0n) is 15.7. The number of rotatable bonds is 4. The number of ether oxygens (including phenoxy) is 1. The van der Waals surface area contributed by atoms with Crippen molar-refractivity contribution in [2.75, 3.05) is 7.11 Å². The van der Waals surface area contributed by atoms with Crippen molar-refractivity contribution in [1.82, 2.24) is 4.98 Å². The van der Waals surface area contributed by atoms with E-state index in [0.717, 1.165) is 27.6 Å². The number of halogens is 1. The van der Waals surface area contributed by atoms with Gasteiger partial charge in [-0.25, -0.2) is 9.18 Å². The molecule has 4 aromatic rings. The standard InChI is InChI=1S/C24H18FNO3/c1-29-24(28)21-13-19(17-5-3-2-4-6-17)20-12-16(14-26-22(20)23(21)27)11-15-7-9-18(25)10-8-15/h2-10,12-14,27H,11H2,1H3. The summed E-state index contributed by atoms with van der Waals surface area (Å²) >= 11 is 0. The molecule has 0 spiro atoms. The third-order valence-electron chi connectivity index (χ3n) is 4.81. The molecule has 1 heterocycles. The smallest absolute Gasteiger partial charge is 0.341 e. The fraction of sp³-hybridized carbons (Fsp3) is 0.0833. The van der Waals surface area contributed by atoms with Gasteiger partial charge in [0.05, 0.1) is 7.11 Å². The Morgan fingerprint density at radius 3 is 2.45 bits per heavy atom. The van der Waals surface area contributed by atoms with Gasteiger partial charge in [0, 0.05) is 11.6 Å². The molecule has 0 aliphatic carbocycles. The van der Waals surface area contributed by atoms with Gasteiger partial charge < -0.3 is 9.84 Å². The number of phenols is 1. The van der Waals surface area contributed by atoms with Gasteiger partial charge in [-0.1, -0.05) is 42.5 Å². The van der Waals surface area contributed by atoms with Crippen LogP contribution in [-0.4, -0.2) is 23.2 Å². The summed E-state index contributed by atoms with van der Waals surface area (Å²) in [6.07, 6.45) is 2.22. The van der Waals surface area contributed by atoms with Crippen LogP contribution in [-0.2, 0) is 11.2 Å². The van der Waals surface area contributed by atoms with Gasteiger partial charge in [-0.2, -0.15) is 0 Å². The van der Waals surface area contributed by atoms with Gasteiger partial charge >= 0.3 is 5.97 Å². The van der Waals surface area contributed by atoms with Gasteiger partial charge in [-0.15, -0.1) is 0 Å². The molecule has 0 bridgehead atoms. The van der Waals surface area contributed by atoms with Crippen molar-refractivity contribution >= 4 is 16.9 Å². The lowest BCUT2D eigenvalue weighted by Crippen LogP contribution is -2.03. The van der Waals surface area contributed by atoms with Gasteiger partial charge in [0.2, 0.25) is 0 Å². The number of benzene rings is 3. The predicted molar refractivity (Wildman–Crippen MR) is 109 cm³/mol. The minimum absolute atomic E-state index is 0.0673. The summed E-state index contributed by atoms with van der Waals surface area (Å²) in [6, 6.07) is 19.5. The SMILES string of the molecule is COC(=O)c1cc(-c2ccccc2)c2cc(Cc3ccc(F)cc3)cnc2c1O. The average Bonchev–Trinajstić information content (AvgIpc) is 2.76. The van der Waals surface area contributed by atoms with Crippen LogP contribution < -0.4 is 0 Å². The van der Waals surface area contributed by atoms with E-state index in [1.165, 1.54) is 19.2 Å². The van der Waals surface area contributed by atoms with Crippen molar-refractivity contribution in [2.45, 2.75) is 6.42 Å².